The standard InChI is InChI=1S/C14H14ClNO2/c1-10(7-11-5-3-2-4-6-11)16-9-12(15)8-13(16)14(17)18/h2-6,8-10H,7H2,1H3,(H,17,18). The van der Waals surface area contributed by atoms with E-state index in [0.717, 1.165) is 6.42 Å². The van der Waals surface area contributed by atoms with Crippen LogP contribution in [0.15, 0.2) is 42.6 Å². The third-order valence-corrected chi connectivity index (χ3v) is 3.09. The lowest BCUT2D eigenvalue weighted by atomic mass is 10.1. The molecule has 0 saturated carbocycles. The quantitative estimate of drug-likeness (QED) is 0.915. The number of carboxylic acid groups (broad SMARTS) is 1. The van der Waals surface area contributed by atoms with Gasteiger partial charge in [0.2, 0.25) is 0 Å². The van der Waals surface area contributed by atoms with Crippen LogP contribution < -0.4 is 0 Å². The van der Waals surface area contributed by atoms with Crippen LogP contribution >= 0.6 is 11.6 Å². The fourth-order valence-electron chi connectivity index (χ4n) is 2.04. The third-order valence-electron chi connectivity index (χ3n) is 2.88. The van der Waals surface area contributed by atoms with Crippen LogP contribution in [0.3, 0.4) is 0 Å². The Morgan fingerprint density at radius 1 is 1.39 bits per heavy atom. The second kappa shape index (κ2) is 5.27. The molecule has 1 aromatic heterocycles. The van der Waals surface area contributed by atoms with E-state index in [1.54, 1.807) is 10.8 Å². The normalized spacial score (nSPS) is 12.3. The Hall–Kier alpha value is -1.74. The summed E-state index contributed by atoms with van der Waals surface area (Å²) in [5.41, 5.74) is 1.40. The Morgan fingerprint density at radius 3 is 2.67 bits per heavy atom. The fourth-order valence-corrected chi connectivity index (χ4v) is 2.24. The molecule has 0 aliphatic rings. The van der Waals surface area contributed by atoms with Gasteiger partial charge < -0.3 is 9.67 Å². The molecule has 1 N–H and O–H groups in total. The van der Waals surface area contributed by atoms with E-state index in [9.17, 15) is 4.79 Å². The molecule has 0 aliphatic heterocycles. The lowest BCUT2D eigenvalue weighted by Crippen LogP contribution is -2.13. The molecule has 1 aromatic carbocycles. The van der Waals surface area contributed by atoms with Gasteiger partial charge in [0.1, 0.15) is 5.69 Å². The van der Waals surface area contributed by atoms with Crippen molar-refractivity contribution >= 4 is 17.6 Å². The topological polar surface area (TPSA) is 42.2 Å². The van der Waals surface area contributed by atoms with Gasteiger partial charge in [0.25, 0.3) is 0 Å². The highest BCUT2D eigenvalue weighted by molar-refractivity contribution is 6.30. The molecule has 0 amide bonds. The van der Waals surface area contributed by atoms with E-state index in [1.807, 2.05) is 37.3 Å². The van der Waals surface area contributed by atoms with Crippen LogP contribution in [0.1, 0.15) is 29.0 Å². The molecule has 0 radical (unpaired) electrons. The van der Waals surface area contributed by atoms with Crippen LogP contribution in [0, 0.1) is 0 Å². The molecule has 0 saturated heterocycles. The number of aromatic nitrogens is 1. The first kappa shape index (κ1) is 12.7. The summed E-state index contributed by atoms with van der Waals surface area (Å²) in [5.74, 6) is -0.957. The molecular formula is C14H14ClNO2. The molecule has 2 rings (SSSR count). The number of nitrogens with zero attached hydrogens (tertiary/aromatic N) is 1. The number of halogens is 1. The zero-order chi connectivity index (χ0) is 13.1. The highest BCUT2D eigenvalue weighted by atomic mass is 35.5. The molecule has 2 aromatic rings. The summed E-state index contributed by atoms with van der Waals surface area (Å²) >= 11 is 5.87. The Morgan fingerprint density at radius 2 is 2.06 bits per heavy atom. The summed E-state index contributed by atoms with van der Waals surface area (Å²) in [6, 6.07) is 11.5. The van der Waals surface area contributed by atoms with E-state index in [4.69, 9.17) is 16.7 Å². The van der Waals surface area contributed by atoms with Gasteiger partial charge in [-0.2, -0.15) is 0 Å². The first-order chi connectivity index (χ1) is 8.58. The Bertz CT molecular complexity index is 548. The molecule has 0 spiro atoms. The molecule has 94 valence electrons. The van der Waals surface area contributed by atoms with Gasteiger partial charge >= 0.3 is 5.97 Å². The summed E-state index contributed by atoms with van der Waals surface area (Å²) in [7, 11) is 0. The summed E-state index contributed by atoms with van der Waals surface area (Å²) in [4.78, 5) is 11.1. The molecule has 0 aliphatic carbocycles. The molecule has 0 fully saturated rings. The molecular weight excluding hydrogens is 250 g/mol. The highest BCUT2D eigenvalue weighted by Crippen LogP contribution is 2.21. The maximum atomic E-state index is 11.1. The van der Waals surface area contributed by atoms with E-state index in [0.29, 0.717) is 5.02 Å². The lowest BCUT2D eigenvalue weighted by Gasteiger charge is -2.15. The summed E-state index contributed by atoms with van der Waals surface area (Å²) in [5, 5.41) is 9.57. The second-order valence-corrected chi connectivity index (χ2v) is 4.73. The molecule has 1 atom stereocenters. The van der Waals surface area contributed by atoms with Crippen molar-refractivity contribution in [3.05, 3.63) is 58.9 Å². The van der Waals surface area contributed by atoms with Crippen molar-refractivity contribution in [1.82, 2.24) is 4.57 Å². The van der Waals surface area contributed by atoms with Crippen molar-refractivity contribution in [3.8, 4) is 0 Å². The second-order valence-electron chi connectivity index (χ2n) is 4.29. The zero-order valence-corrected chi connectivity index (χ0v) is 10.8. The number of benzene rings is 1. The maximum Gasteiger partial charge on any atom is 0.352 e. The molecule has 4 heteroatoms. The third kappa shape index (κ3) is 2.74. The molecule has 18 heavy (non-hydrogen) atoms. The maximum absolute atomic E-state index is 11.1. The Labute approximate surface area is 111 Å². The Kier molecular flexibility index (Phi) is 3.72. The van der Waals surface area contributed by atoms with Crippen molar-refractivity contribution < 1.29 is 9.90 Å². The van der Waals surface area contributed by atoms with E-state index >= 15 is 0 Å². The SMILES string of the molecule is CC(Cc1ccccc1)n1cc(Cl)cc1C(=O)O. The monoisotopic (exact) mass is 263 g/mol. The van der Waals surface area contributed by atoms with E-state index in [1.165, 1.54) is 11.6 Å². The smallest absolute Gasteiger partial charge is 0.352 e. The minimum atomic E-state index is -0.957. The van der Waals surface area contributed by atoms with Crippen molar-refractivity contribution in [3.63, 3.8) is 0 Å². The zero-order valence-electron chi connectivity index (χ0n) is 10.0. The van der Waals surface area contributed by atoms with Crippen molar-refractivity contribution in [1.29, 1.82) is 0 Å². The number of carbonyl (C=O) groups is 1. The van der Waals surface area contributed by atoms with Crippen LogP contribution in [0.2, 0.25) is 5.02 Å². The fraction of sp³-hybridized carbons (Fsp3) is 0.214. The first-order valence-electron chi connectivity index (χ1n) is 5.72. The van der Waals surface area contributed by atoms with Crippen molar-refractivity contribution in [2.24, 2.45) is 0 Å². The van der Waals surface area contributed by atoms with Crippen LogP contribution in [-0.4, -0.2) is 15.6 Å². The van der Waals surface area contributed by atoms with Crippen LogP contribution in [0.5, 0.6) is 0 Å². The van der Waals surface area contributed by atoms with Gasteiger partial charge in [-0.05, 0) is 25.0 Å². The average molecular weight is 264 g/mol. The van der Waals surface area contributed by atoms with Crippen LogP contribution in [-0.2, 0) is 6.42 Å². The minimum absolute atomic E-state index is 0.0472. The van der Waals surface area contributed by atoms with Crippen molar-refractivity contribution in [2.75, 3.05) is 0 Å². The number of aromatic carboxylic acids is 1. The van der Waals surface area contributed by atoms with Crippen molar-refractivity contribution in [2.45, 2.75) is 19.4 Å². The molecule has 1 unspecified atom stereocenters. The first-order valence-corrected chi connectivity index (χ1v) is 6.10. The van der Waals surface area contributed by atoms with E-state index < -0.39 is 5.97 Å². The predicted molar refractivity (Wildman–Crippen MR) is 71.3 cm³/mol. The molecule has 3 nitrogen and oxygen atoms in total. The van der Waals surface area contributed by atoms with Gasteiger partial charge in [-0.1, -0.05) is 41.9 Å². The summed E-state index contributed by atoms with van der Waals surface area (Å²) in [6.45, 7) is 1.98. The average Bonchev–Trinajstić information content (AvgIpc) is 2.73. The summed E-state index contributed by atoms with van der Waals surface area (Å²) < 4.78 is 1.71. The predicted octanol–water partition coefficient (Wildman–Crippen LogP) is 3.64. The minimum Gasteiger partial charge on any atom is -0.477 e. The van der Waals surface area contributed by atoms with E-state index in [2.05, 4.69) is 0 Å². The number of hydrogen-bond acceptors (Lipinski definition) is 1. The van der Waals surface area contributed by atoms with E-state index in [-0.39, 0.29) is 11.7 Å². The number of rotatable bonds is 4. The molecule has 0 bridgehead atoms. The van der Waals surface area contributed by atoms with Crippen LogP contribution in [0.25, 0.3) is 0 Å². The lowest BCUT2D eigenvalue weighted by molar-refractivity contribution is 0.0683. The van der Waals surface area contributed by atoms with Gasteiger partial charge in [-0.25, -0.2) is 4.79 Å². The van der Waals surface area contributed by atoms with Gasteiger partial charge in [-0.3, -0.25) is 0 Å². The van der Waals surface area contributed by atoms with Gasteiger partial charge in [0.05, 0.1) is 5.02 Å². The summed E-state index contributed by atoms with van der Waals surface area (Å²) in [6.07, 6.45) is 2.44. The highest BCUT2D eigenvalue weighted by Gasteiger charge is 2.16. The van der Waals surface area contributed by atoms with Gasteiger partial charge in [0.15, 0.2) is 0 Å². The van der Waals surface area contributed by atoms with Gasteiger partial charge in [0, 0.05) is 12.2 Å². The van der Waals surface area contributed by atoms with Gasteiger partial charge in [-0.15, -0.1) is 0 Å². The molecule has 1 heterocycles. The Balaban J connectivity index is 2.23. The number of carboxylic acids is 1. The largest absolute Gasteiger partial charge is 0.477 e. The number of hydrogen-bond donors (Lipinski definition) is 1. The van der Waals surface area contributed by atoms with Crippen LogP contribution in [0.4, 0.5) is 0 Å².